The second-order valence-electron chi connectivity index (χ2n) is 5.25. The molecule has 1 aromatic carbocycles. The molecule has 0 aliphatic heterocycles. The average molecular weight is 247 g/mol. The molecule has 2 rings (SSSR count). The van der Waals surface area contributed by atoms with E-state index in [4.69, 9.17) is 5.11 Å². The van der Waals surface area contributed by atoms with E-state index in [0.717, 1.165) is 32.2 Å². The molecule has 2 N–H and O–H groups in total. The number of aryl methyl sites for hydroxylation is 1. The number of hydrogen-bond acceptors (Lipinski definition) is 2. The molecule has 0 aromatic heterocycles. The Kier molecular flexibility index (Phi) is 4.37. The number of carbonyl (C=O) groups is 1. The summed E-state index contributed by atoms with van der Waals surface area (Å²) in [5.74, 6) is -0.755. The van der Waals surface area contributed by atoms with Crippen LogP contribution in [0.5, 0.6) is 0 Å². The van der Waals surface area contributed by atoms with Gasteiger partial charge in [-0.15, -0.1) is 0 Å². The fourth-order valence-corrected chi connectivity index (χ4v) is 2.51. The van der Waals surface area contributed by atoms with Crippen LogP contribution in [0.2, 0.25) is 0 Å². The predicted molar refractivity (Wildman–Crippen MR) is 71.4 cm³/mol. The van der Waals surface area contributed by atoms with Crippen LogP contribution in [-0.2, 0) is 11.3 Å². The Labute approximate surface area is 108 Å². The summed E-state index contributed by atoms with van der Waals surface area (Å²) >= 11 is 0. The van der Waals surface area contributed by atoms with Crippen LogP contribution in [0.3, 0.4) is 0 Å². The molecule has 0 radical (unpaired) electrons. The quantitative estimate of drug-likeness (QED) is 0.860. The summed E-state index contributed by atoms with van der Waals surface area (Å²) in [5, 5.41) is 12.5. The van der Waals surface area contributed by atoms with Crippen molar-refractivity contribution >= 4 is 5.97 Å². The lowest BCUT2D eigenvalue weighted by atomic mass is 9.86. The lowest BCUT2D eigenvalue weighted by molar-refractivity contribution is -0.142. The molecule has 18 heavy (non-hydrogen) atoms. The summed E-state index contributed by atoms with van der Waals surface area (Å²) in [5.41, 5.74) is 2.57. The fourth-order valence-electron chi connectivity index (χ4n) is 2.51. The van der Waals surface area contributed by atoms with Gasteiger partial charge < -0.3 is 10.4 Å². The van der Waals surface area contributed by atoms with Gasteiger partial charge >= 0.3 is 5.97 Å². The summed E-state index contributed by atoms with van der Waals surface area (Å²) in [7, 11) is 0. The van der Waals surface area contributed by atoms with E-state index in [1.165, 1.54) is 11.1 Å². The molecular formula is C15H21NO2. The Balaban J connectivity index is 1.75. The molecule has 0 atom stereocenters. The molecule has 3 nitrogen and oxygen atoms in total. The van der Waals surface area contributed by atoms with Crippen molar-refractivity contribution in [2.24, 2.45) is 5.92 Å². The maximum Gasteiger partial charge on any atom is 0.306 e. The Morgan fingerprint density at radius 1 is 1.22 bits per heavy atom. The minimum atomic E-state index is -0.632. The minimum absolute atomic E-state index is 0.123. The number of carboxylic acid groups (broad SMARTS) is 1. The van der Waals surface area contributed by atoms with Crippen molar-refractivity contribution in [3.63, 3.8) is 0 Å². The van der Waals surface area contributed by atoms with Crippen LogP contribution in [-0.4, -0.2) is 17.1 Å². The highest BCUT2D eigenvalue weighted by atomic mass is 16.4. The molecule has 1 aliphatic rings. The first kappa shape index (κ1) is 13.1. The summed E-state index contributed by atoms with van der Waals surface area (Å²) in [4.78, 5) is 10.9. The summed E-state index contributed by atoms with van der Waals surface area (Å²) in [6, 6.07) is 9.01. The molecule has 3 heteroatoms. The van der Waals surface area contributed by atoms with Crippen molar-refractivity contribution in [1.29, 1.82) is 0 Å². The van der Waals surface area contributed by atoms with E-state index in [-0.39, 0.29) is 5.92 Å². The van der Waals surface area contributed by atoms with E-state index in [1.807, 2.05) is 0 Å². The molecule has 1 fully saturated rings. The molecule has 1 aliphatic carbocycles. The van der Waals surface area contributed by atoms with Crippen molar-refractivity contribution in [2.45, 2.75) is 45.2 Å². The van der Waals surface area contributed by atoms with Gasteiger partial charge in [0.1, 0.15) is 0 Å². The first-order valence-electron chi connectivity index (χ1n) is 6.67. The summed E-state index contributed by atoms with van der Waals surface area (Å²) in [6.07, 6.45) is 3.56. The Bertz CT molecular complexity index is 391. The number of rotatable bonds is 4. The SMILES string of the molecule is Cc1ccc(CNC2CCC(C(=O)O)CC2)cc1. The van der Waals surface area contributed by atoms with E-state index in [0.29, 0.717) is 6.04 Å². The first-order chi connectivity index (χ1) is 8.65. The molecule has 1 aromatic rings. The second-order valence-corrected chi connectivity index (χ2v) is 5.25. The predicted octanol–water partition coefficient (Wildman–Crippen LogP) is 2.73. The third-order valence-electron chi connectivity index (χ3n) is 3.79. The van der Waals surface area contributed by atoms with E-state index in [1.54, 1.807) is 0 Å². The highest BCUT2D eigenvalue weighted by Gasteiger charge is 2.25. The second kappa shape index (κ2) is 6.01. The molecule has 98 valence electrons. The molecule has 0 heterocycles. The zero-order chi connectivity index (χ0) is 13.0. The third-order valence-corrected chi connectivity index (χ3v) is 3.79. The standard InChI is InChI=1S/C15H21NO2/c1-11-2-4-12(5-3-11)10-16-14-8-6-13(7-9-14)15(17)18/h2-5,13-14,16H,6-10H2,1H3,(H,17,18). The van der Waals surface area contributed by atoms with Crippen LogP contribution in [0.15, 0.2) is 24.3 Å². The van der Waals surface area contributed by atoms with Crippen molar-refractivity contribution in [2.75, 3.05) is 0 Å². The van der Waals surface area contributed by atoms with Crippen LogP contribution < -0.4 is 5.32 Å². The van der Waals surface area contributed by atoms with Gasteiger partial charge in [-0.25, -0.2) is 0 Å². The van der Waals surface area contributed by atoms with Gasteiger partial charge in [-0.2, -0.15) is 0 Å². The summed E-state index contributed by atoms with van der Waals surface area (Å²) < 4.78 is 0. The Morgan fingerprint density at radius 2 is 1.83 bits per heavy atom. The molecule has 0 unspecified atom stereocenters. The van der Waals surface area contributed by atoms with Crippen molar-refractivity contribution < 1.29 is 9.90 Å². The summed E-state index contributed by atoms with van der Waals surface area (Å²) in [6.45, 7) is 2.97. The maximum atomic E-state index is 10.9. The zero-order valence-corrected chi connectivity index (χ0v) is 10.9. The zero-order valence-electron chi connectivity index (χ0n) is 10.9. The maximum absolute atomic E-state index is 10.9. The van der Waals surface area contributed by atoms with Crippen LogP contribution >= 0.6 is 0 Å². The number of aliphatic carboxylic acids is 1. The average Bonchev–Trinajstić information content (AvgIpc) is 2.38. The topological polar surface area (TPSA) is 49.3 Å². The smallest absolute Gasteiger partial charge is 0.306 e. The molecular weight excluding hydrogens is 226 g/mol. The first-order valence-corrected chi connectivity index (χ1v) is 6.67. The highest BCUT2D eigenvalue weighted by molar-refractivity contribution is 5.70. The van der Waals surface area contributed by atoms with Gasteiger partial charge in [0.2, 0.25) is 0 Å². The largest absolute Gasteiger partial charge is 0.481 e. The van der Waals surface area contributed by atoms with Gasteiger partial charge in [0.15, 0.2) is 0 Å². The van der Waals surface area contributed by atoms with Gasteiger partial charge in [0.25, 0.3) is 0 Å². The highest BCUT2D eigenvalue weighted by Crippen LogP contribution is 2.24. The van der Waals surface area contributed by atoms with Crippen molar-refractivity contribution in [1.82, 2.24) is 5.32 Å². The molecule has 0 spiro atoms. The molecule has 1 saturated carbocycles. The van der Waals surface area contributed by atoms with Gasteiger partial charge in [-0.3, -0.25) is 4.79 Å². The number of nitrogens with one attached hydrogen (secondary N) is 1. The van der Waals surface area contributed by atoms with E-state index in [2.05, 4.69) is 36.5 Å². The molecule has 0 amide bonds. The lowest BCUT2D eigenvalue weighted by Crippen LogP contribution is -2.34. The third kappa shape index (κ3) is 3.57. The Hall–Kier alpha value is -1.35. The van der Waals surface area contributed by atoms with Crippen LogP contribution in [0.1, 0.15) is 36.8 Å². The van der Waals surface area contributed by atoms with E-state index in [9.17, 15) is 4.79 Å². The lowest BCUT2D eigenvalue weighted by Gasteiger charge is -2.27. The normalized spacial score (nSPS) is 23.8. The van der Waals surface area contributed by atoms with Gasteiger partial charge in [-0.1, -0.05) is 29.8 Å². The van der Waals surface area contributed by atoms with Crippen LogP contribution in [0.4, 0.5) is 0 Å². The molecule has 0 bridgehead atoms. The van der Waals surface area contributed by atoms with Crippen LogP contribution in [0.25, 0.3) is 0 Å². The number of hydrogen-bond donors (Lipinski definition) is 2. The van der Waals surface area contributed by atoms with E-state index < -0.39 is 5.97 Å². The van der Waals surface area contributed by atoms with Crippen molar-refractivity contribution in [3.05, 3.63) is 35.4 Å². The van der Waals surface area contributed by atoms with Crippen molar-refractivity contribution in [3.8, 4) is 0 Å². The molecule has 0 saturated heterocycles. The number of benzene rings is 1. The van der Waals surface area contributed by atoms with Gasteiger partial charge in [0, 0.05) is 12.6 Å². The van der Waals surface area contributed by atoms with Gasteiger partial charge in [-0.05, 0) is 38.2 Å². The monoisotopic (exact) mass is 247 g/mol. The number of carboxylic acids is 1. The minimum Gasteiger partial charge on any atom is -0.481 e. The van der Waals surface area contributed by atoms with Gasteiger partial charge in [0.05, 0.1) is 5.92 Å². The fraction of sp³-hybridized carbons (Fsp3) is 0.533. The van der Waals surface area contributed by atoms with Crippen LogP contribution in [0, 0.1) is 12.8 Å². The van der Waals surface area contributed by atoms with E-state index >= 15 is 0 Å². The Morgan fingerprint density at radius 3 is 2.39 bits per heavy atom.